The number of esters is 1. The van der Waals surface area contributed by atoms with Gasteiger partial charge < -0.3 is 9.47 Å². The summed E-state index contributed by atoms with van der Waals surface area (Å²) in [5.74, 6) is -0.477. The van der Waals surface area contributed by atoms with Gasteiger partial charge in [-0.25, -0.2) is 4.79 Å². The molecule has 0 aliphatic carbocycles. The molecule has 0 saturated heterocycles. The number of hydrogen-bond donors (Lipinski definition) is 1. The summed E-state index contributed by atoms with van der Waals surface area (Å²) in [6, 6.07) is 7.72. The third-order valence-corrected chi connectivity index (χ3v) is 3.44. The van der Waals surface area contributed by atoms with Crippen molar-refractivity contribution in [2.75, 3.05) is 13.2 Å². The van der Waals surface area contributed by atoms with Crippen molar-refractivity contribution in [1.82, 2.24) is 15.4 Å². The SMILES string of the molecule is CCCCCOCc1ccccc1-c1n[nH]nc1C(=O)OCC. The Bertz CT molecular complexity index is 625. The van der Waals surface area contributed by atoms with Crippen LogP contribution >= 0.6 is 0 Å². The fourth-order valence-electron chi connectivity index (χ4n) is 2.27. The molecule has 0 aliphatic rings. The molecule has 0 saturated carbocycles. The van der Waals surface area contributed by atoms with Crippen molar-refractivity contribution < 1.29 is 14.3 Å². The van der Waals surface area contributed by atoms with Gasteiger partial charge >= 0.3 is 5.97 Å². The maximum atomic E-state index is 12.0. The second-order valence-electron chi connectivity index (χ2n) is 5.16. The van der Waals surface area contributed by atoms with E-state index in [-0.39, 0.29) is 5.69 Å². The molecule has 1 heterocycles. The molecule has 0 radical (unpaired) electrons. The van der Waals surface area contributed by atoms with Crippen LogP contribution < -0.4 is 0 Å². The quantitative estimate of drug-likeness (QED) is 0.567. The van der Waals surface area contributed by atoms with Crippen LogP contribution in [0.4, 0.5) is 0 Å². The predicted octanol–water partition coefficient (Wildman–Crippen LogP) is 3.36. The minimum absolute atomic E-state index is 0.199. The van der Waals surface area contributed by atoms with Gasteiger partial charge in [-0.1, -0.05) is 44.0 Å². The monoisotopic (exact) mass is 317 g/mol. The minimum Gasteiger partial charge on any atom is -0.461 e. The summed E-state index contributed by atoms with van der Waals surface area (Å²) in [7, 11) is 0. The van der Waals surface area contributed by atoms with Gasteiger partial charge in [0.15, 0.2) is 5.69 Å². The zero-order chi connectivity index (χ0) is 16.5. The summed E-state index contributed by atoms with van der Waals surface area (Å²) >= 11 is 0. The van der Waals surface area contributed by atoms with Crippen molar-refractivity contribution >= 4 is 5.97 Å². The molecule has 6 nitrogen and oxygen atoms in total. The molecule has 1 N–H and O–H groups in total. The Kier molecular flexibility index (Phi) is 6.75. The molecule has 1 aromatic heterocycles. The fourth-order valence-corrected chi connectivity index (χ4v) is 2.27. The maximum absolute atomic E-state index is 12.0. The van der Waals surface area contributed by atoms with Gasteiger partial charge in [0.05, 0.1) is 13.2 Å². The lowest BCUT2D eigenvalue weighted by molar-refractivity contribution is 0.0520. The van der Waals surface area contributed by atoms with Gasteiger partial charge in [-0.2, -0.15) is 10.3 Å². The molecule has 2 aromatic rings. The van der Waals surface area contributed by atoms with Crippen LogP contribution in [0.25, 0.3) is 11.3 Å². The largest absolute Gasteiger partial charge is 0.461 e. The van der Waals surface area contributed by atoms with Crippen LogP contribution in [0, 0.1) is 0 Å². The topological polar surface area (TPSA) is 77.1 Å². The Morgan fingerprint density at radius 2 is 2.00 bits per heavy atom. The van der Waals surface area contributed by atoms with Crippen LogP contribution in [0.1, 0.15) is 49.2 Å². The first-order valence-corrected chi connectivity index (χ1v) is 8.01. The standard InChI is InChI=1S/C17H23N3O3/c1-3-5-8-11-22-12-13-9-6-7-10-14(13)15-16(19-20-18-15)17(21)23-4-2/h6-7,9-10H,3-5,8,11-12H2,1-2H3,(H,18,19,20). The number of rotatable bonds is 9. The van der Waals surface area contributed by atoms with E-state index in [0.29, 0.717) is 18.9 Å². The predicted molar refractivity (Wildman–Crippen MR) is 87.0 cm³/mol. The number of nitrogens with one attached hydrogen (secondary N) is 1. The Labute approximate surface area is 136 Å². The smallest absolute Gasteiger partial charge is 0.361 e. The number of aromatic nitrogens is 3. The molecule has 0 unspecified atom stereocenters. The fraction of sp³-hybridized carbons (Fsp3) is 0.471. The van der Waals surface area contributed by atoms with E-state index in [1.165, 1.54) is 6.42 Å². The summed E-state index contributed by atoms with van der Waals surface area (Å²) < 4.78 is 10.8. The van der Waals surface area contributed by atoms with Crippen LogP contribution in [0.5, 0.6) is 0 Å². The van der Waals surface area contributed by atoms with Crippen molar-refractivity contribution in [2.45, 2.75) is 39.7 Å². The zero-order valence-corrected chi connectivity index (χ0v) is 13.7. The van der Waals surface area contributed by atoms with Gasteiger partial charge in [-0.05, 0) is 18.9 Å². The van der Waals surface area contributed by atoms with Crippen LogP contribution in [-0.4, -0.2) is 34.6 Å². The Morgan fingerprint density at radius 3 is 2.78 bits per heavy atom. The van der Waals surface area contributed by atoms with Crippen molar-refractivity contribution in [3.8, 4) is 11.3 Å². The Morgan fingerprint density at radius 1 is 1.17 bits per heavy atom. The summed E-state index contributed by atoms with van der Waals surface area (Å²) in [4.78, 5) is 12.0. The molecule has 0 fully saturated rings. The molecule has 0 aliphatic heterocycles. The average molecular weight is 317 g/mol. The van der Waals surface area contributed by atoms with E-state index in [1.807, 2.05) is 24.3 Å². The van der Waals surface area contributed by atoms with Crippen molar-refractivity contribution in [3.63, 3.8) is 0 Å². The normalized spacial score (nSPS) is 10.7. The van der Waals surface area contributed by atoms with E-state index < -0.39 is 5.97 Å². The number of carbonyl (C=O) groups excluding carboxylic acids is 1. The lowest BCUT2D eigenvalue weighted by Gasteiger charge is -2.09. The summed E-state index contributed by atoms with van der Waals surface area (Å²) in [6.45, 7) is 5.43. The number of aromatic amines is 1. The summed E-state index contributed by atoms with van der Waals surface area (Å²) in [6.07, 6.45) is 3.39. The third-order valence-electron chi connectivity index (χ3n) is 3.44. The first kappa shape index (κ1) is 17.1. The van der Waals surface area contributed by atoms with Crippen LogP contribution in [0.2, 0.25) is 0 Å². The van der Waals surface area contributed by atoms with E-state index in [2.05, 4.69) is 22.3 Å². The van der Waals surface area contributed by atoms with Gasteiger partial charge in [0.25, 0.3) is 0 Å². The average Bonchev–Trinajstić information content (AvgIpc) is 3.05. The minimum atomic E-state index is -0.477. The summed E-state index contributed by atoms with van der Waals surface area (Å²) in [5, 5.41) is 10.5. The highest BCUT2D eigenvalue weighted by Crippen LogP contribution is 2.25. The molecule has 124 valence electrons. The van der Waals surface area contributed by atoms with Crippen molar-refractivity contribution in [2.24, 2.45) is 0 Å². The number of benzene rings is 1. The summed E-state index contributed by atoms with van der Waals surface area (Å²) in [5.41, 5.74) is 2.50. The van der Waals surface area contributed by atoms with Gasteiger partial charge in [0.1, 0.15) is 5.69 Å². The number of ether oxygens (including phenoxy) is 2. The molecule has 2 rings (SSSR count). The molecule has 23 heavy (non-hydrogen) atoms. The highest BCUT2D eigenvalue weighted by molar-refractivity contribution is 5.94. The lowest BCUT2D eigenvalue weighted by Crippen LogP contribution is -2.07. The second-order valence-corrected chi connectivity index (χ2v) is 5.16. The molecule has 0 amide bonds. The third kappa shape index (κ3) is 4.63. The number of hydrogen-bond acceptors (Lipinski definition) is 5. The van der Waals surface area contributed by atoms with Gasteiger partial charge in [-0.15, -0.1) is 5.10 Å². The van der Waals surface area contributed by atoms with Crippen molar-refractivity contribution in [3.05, 3.63) is 35.5 Å². The van der Waals surface area contributed by atoms with E-state index >= 15 is 0 Å². The number of unbranched alkanes of at least 4 members (excludes halogenated alkanes) is 2. The Balaban J connectivity index is 2.14. The van der Waals surface area contributed by atoms with Gasteiger partial charge in [-0.3, -0.25) is 0 Å². The van der Waals surface area contributed by atoms with E-state index in [9.17, 15) is 4.79 Å². The van der Waals surface area contributed by atoms with E-state index in [4.69, 9.17) is 9.47 Å². The van der Waals surface area contributed by atoms with Crippen LogP contribution in [0.15, 0.2) is 24.3 Å². The number of carbonyl (C=O) groups is 1. The van der Waals surface area contributed by atoms with E-state index in [1.54, 1.807) is 6.92 Å². The lowest BCUT2D eigenvalue weighted by atomic mass is 10.0. The van der Waals surface area contributed by atoms with Crippen LogP contribution in [-0.2, 0) is 16.1 Å². The van der Waals surface area contributed by atoms with Crippen molar-refractivity contribution in [1.29, 1.82) is 0 Å². The highest BCUT2D eigenvalue weighted by Gasteiger charge is 2.20. The highest BCUT2D eigenvalue weighted by atomic mass is 16.5. The second kappa shape index (κ2) is 9.05. The first-order chi connectivity index (χ1) is 11.3. The molecule has 0 spiro atoms. The maximum Gasteiger partial charge on any atom is 0.361 e. The molecular formula is C17H23N3O3. The van der Waals surface area contributed by atoms with Gasteiger partial charge in [0.2, 0.25) is 0 Å². The number of nitrogens with zero attached hydrogens (tertiary/aromatic N) is 2. The molecular weight excluding hydrogens is 294 g/mol. The molecule has 0 bridgehead atoms. The first-order valence-electron chi connectivity index (χ1n) is 8.01. The zero-order valence-electron chi connectivity index (χ0n) is 13.7. The van der Waals surface area contributed by atoms with Crippen LogP contribution in [0.3, 0.4) is 0 Å². The molecule has 0 atom stereocenters. The van der Waals surface area contributed by atoms with Gasteiger partial charge in [0, 0.05) is 12.2 Å². The molecule has 1 aromatic carbocycles. The van der Waals surface area contributed by atoms with E-state index in [0.717, 1.165) is 30.6 Å². The Hall–Kier alpha value is -2.21. The number of H-pyrrole nitrogens is 1. The molecule has 6 heteroatoms.